The Balaban J connectivity index is 2.14. The summed E-state index contributed by atoms with van der Waals surface area (Å²) in [4.78, 5) is 2.39. The largest absolute Gasteiger partial charge is 0.378 e. The fourth-order valence-electron chi connectivity index (χ4n) is 2.02. The number of para-hydroxylation sites is 1. The van der Waals surface area contributed by atoms with E-state index in [9.17, 15) is 0 Å². The van der Waals surface area contributed by atoms with Gasteiger partial charge in [-0.2, -0.15) is 0 Å². The van der Waals surface area contributed by atoms with E-state index in [-0.39, 0.29) is 0 Å². The lowest BCUT2D eigenvalue weighted by Crippen LogP contribution is -2.36. The molecule has 0 unspecified atom stereocenters. The van der Waals surface area contributed by atoms with Crippen LogP contribution < -0.4 is 10.2 Å². The van der Waals surface area contributed by atoms with Gasteiger partial charge in [-0.25, -0.2) is 0 Å². The molecule has 0 bridgehead atoms. The van der Waals surface area contributed by atoms with Gasteiger partial charge < -0.3 is 15.0 Å². The number of likely N-dealkylation sites (N-methyl/N-ethyl adjacent to an activating group) is 1. The number of nitrogens with one attached hydrogen (secondary N) is 1. The van der Waals surface area contributed by atoms with Gasteiger partial charge in [0.05, 0.1) is 13.2 Å². The van der Waals surface area contributed by atoms with Crippen LogP contribution in [0.5, 0.6) is 0 Å². The molecule has 1 aliphatic rings. The Morgan fingerprint density at radius 1 is 1.29 bits per heavy atom. The van der Waals surface area contributed by atoms with Gasteiger partial charge in [-0.3, -0.25) is 0 Å². The summed E-state index contributed by atoms with van der Waals surface area (Å²) in [7, 11) is 1.96. The van der Waals surface area contributed by atoms with Crippen LogP contribution in [0.3, 0.4) is 0 Å². The summed E-state index contributed by atoms with van der Waals surface area (Å²) in [5.41, 5.74) is 2.59. The fraction of sp³-hybridized carbons (Fsp3) is 0.429. The van der Waals surface area contributed by atoms with E-state index >= 15 is 0 Å². The summed E-state index contributed by atoms with van der Waals surface area (Å²) in [6.07, 6.45) is 4.33. The van der Waals surface area contributed by atoms with Gasteiger partial charge in [0, 0.05) is 25.3 Å². The van der Waals surface area contributed by atoms with Gasteiger partial charge in [0.2, 0.25) is 0 Å². The third-order valence-corrected chi connectivity index (χ3v) is 2.91. The second-order valence-electron chi connectivity index (χ2n) is 4.12. The number of rotatable bonds is 4. The maximum Gasteiger partial charge on any atom is 0.0642 e. The third kappa shape index (κ3) is 3.32. The molecule has 1 fully saturated rings. The Labute approximate surface area is 103 Å². The number of ether oxygens (including phenoxy) is 1. The average Bonchev–Trinajstić information content (AvgIpc) is 2.41. The molecule has 1 heterocycles. The first kappa shape index (κ1) is 12.1. The van der Waals surface area contributed by atoms with Crippen molar-refractivity contribution in [2.45, 2.75) is 0 Å². The van der Waals surface area contributed by atoms with Crippen molar-refractivity contribution in [2.75, 3.05) is 44.8 Å². The minimum Gasteiger partial charge on any atom is -0.378 e. The van der Waals surface area contributed by atoms with Crippen molar-refractivity contribution < 1.29 is 4.74 Å². The molecule has 92 valence electrons. The Bertz CT molecular complexity index is 370. The van der Waals surface area contributed by atoms with Crippen LogP contribution in [0.2, 0.25) is 0 Å². The second-order valence-corrected chi connectivity index (χ2v) is 4.12. The highest BCUT2D eigenvalue weighted by Crippen LogP contribution is 2.22. The number of nitrogens with zero attached hydrogens (tertiary/aromatic N) is 1. The van der Waals surface area contributed by atoms with Crippen LogP contribution in [0.1, 0.15) is 5.56 Å². The van der Waals surface area contributed by atoms with Crippen LogP contribution in [-0.4, -0.2) is 39.9 Å². The normalized spacial score (nSPS) is 16.6. The van der Waals surface area contributed by atoms with Crippen LogP contribution >= 0.6 is 0 Å². The minimum atomic E-state index is 0.828. The number of benzene rings is 1. The predicted molar refractivity (Wildman–Crippen MR) is 72.4 cm³/mol. The molecule has 0 saturated carbocycles. The molecule has 17 heavy (non-hydrogen) atoms. The zero-order valence-corrected chi connectivity index (χ0v) is 10.4. The lowest BCUT2D eigenvalue weighted by Gasteiger charge is -2.30. The van der Waals surface area contributed by atoms with Crippen LogP contribution in [0.25, 0.3) is 6.08 Å². The van der Waals surface area contributed by atoms with Gasteiger partial charge in [-0.15, -0.1) is 0 Å². The molecule has 0 atom stereocenters. The highest BCUT2D eigenvalue weighted by molar-refractivity contribution is 5.67. The summed E-state index contributed by atoms with van der Waals surface area (Å²) in [6, 6.07) is 8.53. The van der Waals surface area contributed by atoms with Crippen molar-refractivity contribution >= 4 is 11.8 Å². The molecule has 3 heteroatoms. The van der Waals surface area contributed by atoms with Crippen LogP contribution in [0, 0.1) is 0 Å². The first-order valence-corrected chi connectivity index (χ1v) is 6.14. The van der Waals surface area contributed by atoms with Crippen molar-refractivity contribution in [2.24, 2.45) is 0 Å². The maximum absolute atomic E-state index is 5.39. The standard InChI is InChI=1S/C14H20N2O/c1-15-8-4-6-13-5-2-3-7-14(13)16-9-11-17-12-10-16/h2-7,15H,8-12H2,1H3. The van der Waals surface area contributed by atoms with Crippen molar-refractivity contribution in [3.05, 3.63) is 35.9 Å². The number of morpholine rings is 1. The number of hydrogen-bond donors (Lipinski definition) is 1. The van der Waals surface area contributed by atoms with E-state index in [0.717, 1.165) is 32.8 Å². The Hall–Kier alpha value is -1.32. The Morgan fingerprint density at radius 2 is 2.06 bits per heavy atom. The molecule has 0 spiro atoms. The SMILES string of the molecule is CNCC=Cc1ccccc1N1CCOCC1. The molecule has 1 aromatic carbocycles. The molecule has 0 aromatic heterocycles. The molecular formula is C14H20N2O. The second kappa shape index (κ2) is 6.42. The average molecular weight is 232 g/mol. The van der Waals surface area contributed by atoms with Gasteiger partial charge in [-0.05, 0) is 18.7 Å². The monoisotopic (exact) mass is 232 g/mol. The van der Waals surface area contributed by atoms with E-state index in [0.29, 0.717) is 0 Å². The van der Waals surface area contributed by atoms with Crippen LogP contribution in [0.4, 0.5) is 5.69 Å². The van der Waals surface area contributed by atoms with Gasteiger partial charge in [0.25, 0.3) is 0 Å². The highest BCUT2D eigenvalue weighted by Gasteiger charge is 2.12. The zero-order valence-electron chi connectivity index (χ0n) is 10.4. The van der Waals surface area contributed by atoms with E-state index in [1.165, 1.54) is 11.3 Å². The highest BCUT2D eigenvalue weighted by atomic mass is 16.5. The molecule has 0 amide bonds. The molecular weight excluding hydrogens is 212 g/mol. The van der Waals surface area contributed by atoms with Crippen LogP contribution in [-0.2, 0) is 4.74 Å². The molecule has 1 saturated heterocycles. The van der Waals surface area contributed by atoms with E-state index < -0.39 is 0 Å². The Kier molecular flexibility index (Phi) is 4.59. The molecule has 0 aliphatic carbocycles. The van der Waals surface area contributed by atoms with E-state index in [1.807, 2.05) is 7.05 Å². The van der Waals surface area contributed by atoms with Crippen molar-refractivity contribution in [3.8, 4) is 0 Å². The fourth-order valence-corrected chi connectivity index (χ4v) is 2.02. The van der Waals surface area contributed by atoms with Crippen molar-refractivity contribution in [3.63, 3.8) is 0 Å². The first-order chi connectivity index (χ1) is 8.42. The quantitative estimate of drug-likeness (QED) is 0.856. The summed E-state index contributed by atoms with van der Waals surface area (Å²) >= 11 is 0. The van der Waals surface area contributed by atoms with Crippen LogP contribution in [0.15, 0.2) is 30.3 Å². The lowest BCUT2D eigenvalue weighted by molar-refractivity contribution is 0.122. The number of anilines is 1. The molecule has 1 N–H and O–H groups in total. The van der Waals surface area contributed by atoms with E-state index in [4.69, 9.17) is 4.74 Å². The molecule has 0 radical (unpaired) electrons. The lowest BCUT2D eigenvalue weighted by atomic mass is 10.1. The predicted octanol–water partition coefficient (Wildman–Crippen LogP) is 1.76. The third-order valence-electron chi connectivity index (χ3n) is 2.91. The van der Waals surface area contributed by atoms with Gasteiger partial charge >= 0.3 is 0 Å². The number of hydrogen-bond acceptors (Lipinski definition) is 3. The van der Waals surface area contributed by atoms with Gasteiger partial charge in [0.1, 0.15) is 0 Å². The van der Waals surface area contributed by atoms with Crippen molar-refractivity contribution in [1.82, 2.24) is 5.32 Å². The first-order valence-electron chi connectivity index (χ1n) is 6.14. The molecule has 3 nitrogen and oxygen atoms in total. The van der Waals surface area contributed by atoms with Gasteiger partial charge in [-0.1, -0.05) is 30.4 Å². The summed E-state index contributed by atoms with van der Waals surface area (Å²) in [6.45, 7) is 4.52. The van der Waals surface area contributed by atoms with Crippen molar-refractivity contribution in [1.29, 1.82) is 0 Å². The molecule has 1 aliphatic heterocycles. The van der Waals surface area contributed by atoms with Gasteiger partial charge in [0.15, 0.2) is 0 Å². The molecule has 1 aromatic rings. The summed E-state index contributed by atoms with van der Waals surface area (Å²) in [5.74, 6) is 0. The summed E-state index contributed by atoms with van der Waals surface area (Å²) < 4.78 is 5.39. The smallest absolute Gasteiger partial charge is 0.0642 e. The van der Waals surface area contributed by atoms with E-state index in [2.05, 4.69) is 46.6 Å². The zero-order chi connectivity index (χ0) is 11.9. The maximum atomic E-state index is 5.39. The summed E-state index contributed by atoms with van der Waals surface area (Å²) in [5, 5.41) is 3.12. The van der Waals surface area contributed by atoms with E-state index in [1.54, 1.807) is 0 Å². The Morgan fingerprint density at radius 3 is 2.82 bits per heavy atom. The molecule has 2 rings (SSSR count). The topological polar surface area (TPSA) is 24.5 Å². The minimum absolute atomic E-state index is 0.828.